The molecule has 2 N–H and O–H groups in total. The summed E-state index contributed by atoms with van der Waals surface area (Å²) in [5.74, 6) is 0.778. The molecule has 0 aromatic rings. The van der Waals surface area contributed by atoms with Crippen molar-refractivity contribution < 1.29 is 5.11 Å². The van der Waals surface area contributed by atoms with Crippen LogP contribution in [-0.4, -0.2) is 24.8 Å². The first kappa shape index (κ1) is 8.02. The van der Waals surface area contributed by atoms with E-state index in [4.69, 9.17) is 5.11 Å². The van der Waals surface area contributed by atoms with Crippen molar-refractivity contribution in [2.24, 2.45) is 5.92 Å². The van der Waals surface area contributed by atoms with Crippen LogP contribution >= 0.6 is 0 Å². The fraction of sp³-hybridized carbons (Fsp3) is 1.00. The van der Waals surface area contributed by atoms with Gasteiger partial charge in [0.15, 0.2) is 0 Å². The highest BCUT2D eigenvalue weighted by atomic mass is 16.3. The topological polar surface area (TPSA) is 32.3 Å². The van der Waals surface area contributed by atoms with E-state index >= 15 is 0 Å². The van der Waals surface area contributed by atoms with Crippen molar-refractivity contribution in [3.63, 3.8) is 0 Å². The molecule has 0 aliphatic carbocycles. The molecular formula is C8H17NO. The molecule has 1 rings (SSSR count). The van der Waals surface area contributed by atoms with Gasteiger partial charge in [-0.15, -0.1) is 0 Å². The van der Waals surface area contributed by atoms with Gasteiger partial charge in [0.05, 0.1) is 0 Å². The smallest absolute Gasteiger partial charge is 0.0433 e. The first-order chi connectivity index (χ1) is 4.93. The quantitative estimate of drug-likeness (QED) is 0.598. The largest absolute Gasteiger partial charge is 0.396 e. The molecule has 10 heavy (non-hydrogen) atoms. The Hall–Kier alpha value is -0.0800. The summed E-state index contributed by atoms with van der Waals surface area (Å²) in [6, 6.07) is 0. The van der Waals surface area contributed by atoms with E-state index in [0.29, 0.717) is 6.61 Å². The summed E-state index contributed by atoms with van der Waals surface area (Å²) in [5, 5.41) is 12.0. The molecule has 1 aliphatic rings. The summed E-state index contributed by atoms with van der Waals surface area (Å²) in [4.78, 5) is 0. The molecule has 1 heterocycles. The van der Waals surface area contributed by atoms with Crippen molar-refractivity contribution in [3.8, 4) is 0 Å². The number of hydrogen-bond donors (Lipinski definition) is 2. The Labute approximate surface area is 62.6 Å². The Morgan fingerprint density at radius 1 is 1.30 bits per heavy atom. The lowest BCUT2D eigenvalue weighted by atomic mass is 9.98. The molecular weight excluding hydrogens is 126 g/mol. The van der Waals surface area contributed by atoms with Gasteiger partial charge in [-0.3, -0.25) is 0 Å². The molecule has 0 aromatic carbocycles. The normalized spacial score (nSPS) is 27.9. The highest BCUT2D eigenvalue weighted by Crippen LogP contribution is 2.16. The van der Waals surface area contributed by atoms with E-state index in [1.54, 1.807) is 0 Å². The highest BCUT2D eigenvalue weighted by Gasteiger charge is 2.09. The number of nitrogens with one attached hydrogen (secondary N) is 1. The zero-order valence-corrected chi connectivity index (χ0v) is 6.47. The highest BCUT2D eigenvalue weighted by molar-refractivity contribution is 4.65. The Bertz CT molecular complexity index is 77.3. The van der Waals surface area contributed by atoms with Crippen molar-refractivity contribution in [2.75, 3.05) is 19.7 Å². The van der Waals surface area contributed by atoms with Crippen molar-refractivity contribution in [1.29, 1.82) is 0 Å². The maximum absolute atomic E-state index is 8.69. The summed E-state index contributed by atoms with van der Waals surface area (Å²) in [5.41, 5.74) is 0. The minimum Gasteiger partial charge on any atom is -0.396 e. The average molecular weight is 143 g/mol. The molecule has 0 bridgehead atoms. The fourth-order valence-electron chi connectivity index (χ4n) is 1.56. The third-order valence-corrected chi connectivity index (χ3v) is 2.23. The molecule has 1 saturated heterocycles. The van der Waals surface area contributed by atoms with Gasteiger partial charge in [0, 0.05) is 6.61 Å². The zero-order chi connectivity index (χ0) is 7.23. The van der Waals surface area contributed by atoms with Gasteiger partial charge in [0.1, 0.15) is 0 Å². The lowest BCUT2D eigenvalue weighted by Crippen LogP contribution is -2.14. The Morgan fingerprint density at radius 2 is 2.20 bits per heavy atom. The molecule has 0 saturated carbocycles. The second-order valence-corrected chi connectivity index (χ2v) is 3.06. The van der Waals surface area contributed by atoms with Gasteiger partial charge in [-0.25, -0.2) is 0 Å². The van der Waals surface area contributed by atoms with Gasteiger partial charge in [-0.05, 0) is 44.7 Å². The fourth-order valence-corrected chi connectivity index (χ4v) is 1.56. The van der Waals surface area contributed by atoms with Crippen LogP contribution in [0.2, 0.25) is 0 Å². The van der Waals surface area contributed by atoms with Crippen molar-refractivity contribution in [2.45, 2.75) is 25.7 Å². The van der Waals surface area contributed by atoms with Crippen LogP contribution < -0.4 is 5.32 Å². The van der Waals surface area contributed by atoms with Gasteiger partial charge in [0.25, 0.3) is 0 Å². The Balaban J connectivity index is 2.15. The van der Waals surface area contributed by atoms with E-state index in [1.807, 2.05) is 0 Å². The summed E-state index contributed by atoms with van der Waals surface area (Å²) < 4.78 is 0. The van der Waals surface area contributed by atoms with E-state index in [9.17, 15) is 0 Å². The lowest BCUT2D eigenvalue weighted by molar-refractivity contribution is 0.249. The predicted molar refractivity (Wildman–Crippen MR) is 41.9 cm³/mol. The van der Waals surface area contributed by atoms with Crippen LogP contribution in [0.4, 0.5) is 0 Å². The van der Waals surface area contributed by atoms with Crippen molar-refractivity contribution >= 4 is 0 Å². The van der Waals surface area contributed by atoms with Crippen LogP contribution in [0, 0.1) is 5.92 Å². The molecule has 0 unspecified atom stereocenters. The van der Waals surface area contributed by atoms with E-state index < -0.39 is 0 Å². The lowest BCUT2D eigenvalue weighted by Gasteiger charge is -2.10. The van der Waals surface area contributed by atoms with Gasteiger partial charge in [-0.2, -0.15) is 0 Å². The van der Waals surface area contributed by atoms with E-state index in [2.05, 4.69) is 5.32 Å². The van der Waals surface area contributed by atoms with E-state index in [-0.39, 0.29) is 0 Å². The maximum Gasteiger partial charge on any atom is 0.0433 e. The first-order valence-corrected chi connectivity index (χ1v) is 4.25. The minimum absolute atomic E-state index is 0.366. The summed E-state index contributed by atoms with van der Waals surface area (Å²) in [6.45, 7) is 2.68. The molecule has 2 nitrogen and oxygen atoms in total. The number of rotatable bonds is 2. The number of hydrogen-bond acceptors (Lipinski definition) is 2. The van der Waals surface area contributed by atoms with E-state index in [1.165, 1.54) is 25.8 Å². The SMILES string of the molecule is OCC[C@@H]1CCCNCC1. The molecule has 0 radical (unpaired) electrons. The summed E-state index contributed by atoms with van der Waals surface area (Å²) in [7, 11) is 0. The second-order valence-electron chi connectivity index (χ2n) is 3.06. The summed E-state index contributed by atoms with van der Waals surface area (Å²) >= 11 is 0. The zero-order valence-electron chi connectivity index (χ0n) is 6.47. The standard InChI is InChI=1S/C8H17NO/c10-7-4-8-2-1-5-9-6-3-8/h8-10H,1-7H2/t8-/m1/s1. The Morgan fingerprint density at radius 3 is 3.00 bits per heavy atom. The summed E-state index contributed by atoms with van der Waals surface area (Å²) in [6.07, 6.45) is 4.83. The molecule has 1 atom stereocenters. The monoisotopic (exact) mass is 143 g/mol. The van der Waals surface area contributed by atoms with Gasteiger partial charge < -0.3 is 10.4 Å². The van der Waals surface area contributed by atoms with Crippen molar-refractivity contribution in [1.82, 2.24) is 5.32 Å². The minimum atomic E-state index is 0.366. The molecule has 0 spiro atoms. The molecule has 0 amide bonds. The van der Waals surface area contributed by atoms with Crippen molar-refractivity contribution in [3.05, 3.63) is 0 Å². The average Bonchev–Trinajstić information content (AvgIpc) is 2.17. The third kappa shape index (κ3) is 2.67. The maximum atomic E-state index is 8.69. The molecule has 1 aliphatic heterocycles. The first-order valence-electron chi connectivity index (χ1n) is 4.25. The molecule has 1 fully saturated rings. The van der Waals surface area contributed by atoms with Gasteiger partial charge >= 0.3 is 0 Å². The van der Waals surface area contributed by atoms with E-state index in [0.717, 1.165) is 18.9 Å². The molecule has 60 valence electrons. The molecule has 0 aromatic heterocycles. The van der Waals surface area contributed by atoms with Gasteiger partial charge in [0.2, 0.25) is 0 Å². The van der Waals surface area contributed by atoms with Crippen LogP contribution in [0.15, 0.2) is 0 Å². The van der Waals surface area contributed by atoms with Crippen LogP contribution in [0.25, 0.3) is 0 Å². The van der Waals surface area contributed by atoms with Crippen LogP contribution in [0.3, 0.4) is 0 Å². The van der Waals surface area contributed by atoms with Crippen LogP contribution in [0.1, 0.15) is 25.7 Å². The van der Waals surface area contributed by atoms with Crippen LogP contribution in [-0.2, 0) is 0 Å². The van der Waals surface area contributed by atoms with Gasteiger partial charge in [-0.1, -0.05) is 0 Å². The second kappa shape index (κ2) is 4.69. The predicted octanol–water partition coefficient (Wildman–Crippen LogP) is 0.758. The van der Waals surface area contributed by atoms with Crippen LogP contribution in [0.5, 0.6) is 0 Å². The third-order valence-electron chi connectivity index (χ3n) is 2.23. The molecule has 2 heteroatoms. The Kier molecular flexibility index (Phi) is 3.76. The number of aliphatic hydroxyl groups is 1. The number of aliphatic hydroxyl groups excluding tert-OH is 1.